The number of esters is 1. The van der Waals surface area contributed by atoms with E-state index in [-0.39, 0.29) is 11.1 Å². The van der Waals surface area contributed by atoms with Gasteiger partial charge in [0.25, 0.3) is 17.7 Å². The fraction of sp³-hybridized carbons (Fsp3) is 0.238. The smallest absolute Gasteiger partial charge is 0.326 e. The van der Waals surface area contributed by atoms with Gasteiger partial charge in [-0.3, -0.25) is 24.1 Å². The molecule has 0 bridgehead atoms. The molecule has 0 radical (unpaired) electrons. The van der Waals surface area contributed by atoms with E-state index in [0.717, 1.165) is 4.90 Å². The van der Waals surface area contributed by atoms with E-state index < -0.39 is 42.4 Å². The highest BCUT2D eigenvalue weighted by Crippen LogP contribution is 2.26. The van der Waals surface area contributed by atoms with Crippen LogP contribution in [0.2, 0.25) is 10.0 Å². The Morgan fingerprint density at radius 1 is 1.03 bits per heavy atom. The third-order valence-corrected chi connectivity index (χ3v) is 5.19. The highest BCUT2D eigenvalue weighted by Gasteiger charge is 2.37. The van der Waals surface area contributed by atoms with Gasteiger partial charge in [-0.15, -0.1) is 0 Å². The Balaban J connectivity index is 1.57. The largest absolute Gasteiger partial charge is 0.451 e. The molecule has 1 heterocycles. The van der Waals surface area contributed by atoms with Gasteiger partial charge >= 0.3 is 5.97 Å². The summed E-state index contributed by atoms with van der Waals surface area (Å²) in [6.07, 6.45) is -1.14. The lowest BCUT2D eigenvalue weighted by molar-refractivity contribution is -0.155. The number of rotatable bonds is 6. The molecule has 30 heavy (non-hydrogen) atoms. The summed E-state index contributed by atoms with van der Waals surface area (Å²) in [6.45, 7) is 2.54. The summed E-state index contributed by atoms with van der Waals surface area (Å²) in [5, 5.41) is 3.56. The highest BCUT2D eigenvalue weighted by atomic mass is 35.5. The molecule has 0 aromatic heterocycles. The molecule has 1 aliphatic rings. The predicted molar refractivity (Wildman–Crippen MR) is 110 cm³/mol. The molecule has 0 saturated heterocycles. The van der Waals surface area contributed by atoms with Gasteiger partial charge < -0.3 is 10.1 Å². The number of carbonyl (C=O) groups excluding carboxylic acids is 4. The highest BCUT2D eigenvalue weighted by molar-refractivity contribution is 6.35. The van der Waals surface area contributed by atoms with Crippen molar-refractivity contribution in [2.24, 2.45) is 0 Å². The van der Waals surface area contributed by atoms with Crippen molar-refractivity contribution in [1.82, 2.24) is 10.2 Å². The number of hydrogen-bond acceptors (Lipinski definition) is 5. The average molecular weight is 449 g/mol. The second-order valence-corrected chi connectivity index (χ2v) is 7.61. The second-order valence-electron chi connectivity index (χ2n) is 6.77. The molecule has 0 spiro atoms. The van der Waals surface area contributed by atoms with Crippen LogP contribution in [0.25, 0.3) is 0 Å². The summed E-state index contributed by atoms with van der Waals surface area (Å²) in [5.74, 6) is -2.57. The number of ether oxygens (including phenoxy) is 1. The third-order valence-electron chi connectivity index (χ3n) is 4.63. The fourth-order valence-electron chi connectivity index (χ4n) is 3.06. The van der Waals surface area contributed by atoms with Crippen molar-refractivity contribution in [3.63, 3.8) is 0 Å². The summed E-state index contributed by atoms with van der Waals surface area (Å²) < 4.78 is 5.10. The Bertz CT molecular complexity index is 1000. The number of amides is 3. The van der Waals surface area contributed by atoms with Gasteiger partial charge in [0.05, 0.1) is 17.2 Å². The van der Waals surface area contributed by atoms with Gasteiger partial charge in [-0.05, 0) is 43.7 Å². The molecule has 0 unspecified atom stereocenters. The number of carbonyl (C=O) groups is 4. The van der Waals surface area contributed by atoms with Crippen molar-refractivity contribution in [2.45, 2.75) is 26.0 Å². The van der Waals surface area contributed by atoms with Crippen molar-refractivity contribution in [3.8, 4) is 0 Å². The molecule has 0 aliphatic carbocycles. The number of halogens is 2. The number of nitrogens with zero attached hydrogens (tertiary/aromatic N) is 1. The lowest BCUT2D eigenvalue weighted by Gasteiger charge is -2.20. The SMILES string of the molecule is C[C@H](OC(=O)CN1C(=O)c2ccccc2C1=O)C(=O)N[C@@H](C)c1ccc(Cl)cc1Cl. The zero-order chi connectivity index (χ0) is 22.0. The Morgan fingerprint density at radius 2 is 1.63 bits per heavy atom. The minimum Gasteiger partial charge on any atom is -0.451 e. The normalized spacial score (nSPS) is 14.9. The number of imide groups is 1. The van der Waals surface area contributed by atoms with E-state index in [4.69, 9.17) is 27.9 Å². The Kier molecular flexibility index (Phi) is 6.43. The maximum Gasteiger partial charge on any atom is 0.326 e. The van der Waals surface area contributed by atoms with Gasteiger partial charge in [0.15, 0.2) is 6.10 Å². The maximum absolute atomic E-state index is 12.4. The van der Waals surface area contributed by atoms with Gasteiger partial charge in [-0.1, -0.05) is 41.4 Å². The first-order valence-electron chi connectivity index (χ1n) is 9.09. The molecule has 9 heteroatoms. The molecule has 2 atom stereocenters. The Labute approximate surface area is 182 Å². The zero-order valence-corrected chi connectivity index (χ0v) is 17.7. The van der Waals surface area contributed by atoms with Gasteiger partial charge in [-0.25, -0.2) is 0 Å². The topological polar surface area (TPSA) is 92.8 Å². The second kappa shape index (κ2) is 8.85. The van der Waals surface area contributed by atoms with E-state index in [1.165, 1.54) is 19.1 Å². The van der Waals surface area contributed by atoms with E-state index in [1.807, 2.05) is 0 Å². The summed E-state index contributed by atoms with van der Waals surface area (Å²) in [4.78, 5) is 50.0. The fourth-order valence-corrected chi connectivity index (χ4v) is 3.63. The molecular formula is C21H18Cl2N2O5. The minimum atomic E-state index is -1.14. The van der Waals surface area contributed by atoms with Crippen LogP contribution >= 0.6 is 23.2 Å². The Morgan fingerprint density at radius 3 is 2.20 bits per heavy atom. The molecule has 0 fully saturated rings. The quantitative estimate of drug-likeness (QED) is 0.539. The van der Waals surface area contributed by atoms with E-state index >= 15 is 0 Å². The van der Waals surface area contributed by atoms with Crippen molar-refractivity contribution >= 4 is 46.9 Å². The summed E-state index contributed by atoms with van der Waals surface area (Å²) in [5.41, 5.74) is 1.11. The minimum absolute atomic E-state index is 0.231. The Hall–Kier alpha value is -2.90. The van der Waals surface area contributed by atoms with Gasteiger partial charge in [0.2, 0.25) is 0 Å². The first-order valence-corrected chi connectivity index (χ1v) is 9.84. The molecule has 2 aromatic carbocycles. The lowest BCUT2D eigenvalue weighted by Crippen LogP contribution is -2.41. The molecule has 1 aliphatic heterocycles. The molecule has 1 N–H and O–H groups in total. The van der Waals surface area contributed by atoms with Crippen LogP contribution in [0.5, 0.6) is 0 Å². The molecule has 0 saturated carbocycles. The van der Waals surface area contributed by atoms with Crippen molar-refractivity contribution in [3.05, 3.63) is 69.2 Å². The van der Waals surface area contributed by atoms with Gasteiger partial charge in [0.1, 0.15) is 6.54 Å². The molecular weight excluding hydrogens is 431 g/mol. The van der Waals surface area contributed by atoms with Crippen LogP contribution in [-0.4, -0.2) is 41.2 Å². The van der Waals surface area contributed by atoms with Crippen molar-refractivity contribution < 1.29 is 23.9 Å². The van der Waals surface area contributed by atoms with E-state index in [2.05, 4.69) is 5.32 Å². The van der Waals surface area contributed by atoms with Gasteiger partial charge in [0, 0.05) is 10.0 Å². The van der Waals surface area contributed by atoms with Crippen LogP contribution in [-0.2, 0) is 14.3 Å². The van der Waals surface area contributed by atoms with Crippen LogP contribution in [0, 0.1) is 0 Å². The average Bonchev–Trinajstić information content (AvgIpc) is 2.93. The summed E-state index contributed by atoms with van der Waals surface area (Å²) >= 11 is 12.0. The lowest BCUT2D eigenvalue weighted by atomic mass is 10.1. The van der Waals surface area contributed by atoms with Crippen LogP contribution in [0.4, 0.5) is 0 Å². The first kappa shape index (κ1) is 21.8. The molecule has 2 aromatic rings. The standard InChI is InChI=1S/C21H18Cl2N2O5/c1-11(14-8-7-13(22)9-17(14)23)24-19(27)12(2)30-18(26)10-25-20(28)15-5-3-4-6-16(15)21(25)29/h3-9,11-12H,10H2,1-2H3,(H,24,27)/t11-,12-/m0/s1. The maximum atomic E-state index is 12.4. The number of fused-ring (bicyclic) bond motifs is 1. The molecule has 3 rings (SSSR count). The zero-order valence-electron chi connectivity index (χ0n) is 16.1. The van der Waals surface area contributed by atoms with E-state index in [0.29, 0.717) is 15.6 Å². The molecule has 7 nitrogen and oxygen atoms in total. The monoisotopic (exact) mass is 448 g/mol. The predicted octanol–water partition coefficient (Wildman–Crippen LogP) is 3.40. The molecule has 156 valence electrons. The summed E-state index contributed by atoms with van der Waals surface area (Å²) in [7, 11) is 0. The van der Waals surface area contributed by atoms with Crippen LogP contribution in [0.3, 0.4) is 0 Å². The number of benzene rings is 2. The van der Waals surface area contributed by atoms with Crippen molar-refractivity contribution in [1.29, 1.82) is 0 Å². The van der Waals surface area contributed by atoms with E-state index in [9.17, 15) is 19.2 Å². The first-order chi connectivity index (χ1) is 14.2. The van der Waals surface area contributed by atoms with Crippen molar-refractivity contribution in [2.75, 3.05) is 6.54 Å². The number of hydrogen-bond donors (Lipinski definition) is 1. The van der Waals surface area contributed by atoms with Crippen LogP contribution in [0.15, 0.2) is 42.5 Å². The number of nitrogens with one attached hydrogen (secondary N) is 1. The summed E-state index contributed by atoms with van der Waals surface area (Å²) in [6, 6.07) is 10.7. The third kappa shape index (κ3) is 4.47. The van der Waals surface area contributed by atoms with Crippen LogP contribution in [0.1, 0.15) is 46.2 Å². The molecule has 3 amide bonds. The van der Waals surface area contributed by atoms with Gasteiger partial charge in [-0.2, -0.15) is 0 Å². The van der Waals surface area contributed by atoms with Crippen LogP contribution < -0.4 is 5.32 Å². The van der Waals surface area contributed by atoms with E-state index in [1.54, 1.807) is 37.3 Å².